The Hall–Kier alpha value is -2.56. The number of oxazole rings is 1. The smallest absolute Gasteiger partial charge is 0.408 e. The summed E-state index contributed by atoms with van der Waals surface area (Å²) < 4.78 is 7.38. The molecule has 0 spiro atoms. The van der Waals surface area contributed by atoms with Gasteiger partial charge >= 0.3 is 5.76 Å². The number of nitrogens with zero attached hydrogens (tertiary/aromatic N) is 2. The highest BCUT2D eigenvalue weighted by Crippen LogP contribution is 2.25. The van der Waals surface area contributed by atoms with E-state index in [9.17, 15) is 9.59 Å². The first-order chi connectivity index (χ1) is 12.2. The normalized spacial score (nSPS) is 15.1. The fraction of sp³-hybridized carbons (Fsp3) is 0.429. The molecule has 2 aromatic rings. The van der Waals surface area contributed by atoms with E-state index in [4.69, 9.17) is 4.42 Å². The minimum atomic E-state index is -0.335. The third-order valence-corrected chi connectivity index (χ3v) is 4.85. The first-order valence-electron chi connectivity index (χ1n) is 8.99. The molecule has 3 rings (SSSR count). The van der Waals surface area contributed by atoms with Crippen molar-refractivity contribution in [1.29, 1.82) is 0 Å². The molecule has 1 aliphatic carbocycles. The third-order valence-electron chi connectivity index (χ3n) is 4.85. The number of hydrogen-bond acceptors (Lipinski definition) is 3. The average molecular weight is 354 g/mol. The molecule has 1 amide bonds. The summed E-state index contributed by atoms with van der Waals surface area (Å²) in [5.41, 5.74) is 3.33. The van der Waals surface area contributed by atoms with Gasteiger partial charge in [-0.05, 0) is 69.4 Å². The van der Waals surface area contributed by atoms with Crippen molar-refractivity contribution >= 4 is 23.2 Å². The van der Waals surface area contributed by atoms with E-state index in [2.05, 4.69) is 0 Å². The van der Waals surface area contributed by atoms with E-state index < -0.39 is 0 Å². The number of amides is 1. The van der Waals surface area contributed by atoms with Crippen molar-refractivity contribution in [3.05, 3.63) is 51.1 Å². The lowest BCUT2D eigenvalue weighted by Gasteiger charge is -2.23. The SMILES string of the molecule is CC(=O)N(C)c1ccc(/C=c2/oc(=O)n(C(C)(C)C)c2=C2CCC2)cc1. The predicted octanol–water partition coefficient (Wildman–Crippen LogP) is 2.34. The summed E-state index contributed by atoms with van der Waals surface area (Å²) in [5, 5.41) is 0.929. The summed E-state index contributed by atoms with van der Waals surface area (Å²) in [6.45, 7) is 7.58. The van der Waals surface area contributed by atoms with Crippen molar-refractivity contribution in [2.45, 2.75) is 52.5 Å². The van der Waals surface area contributed by atoms with Crippen molar-refractivity contribution in [3.63, 3.8) is 0 Å². The number of rotatable bonds is 2. The van der Waals surface area contributed by atoms with E-state index in [1.54, 1.807) is 16.5 Å². The molecule has 1 aromatic heterocycles. The van der Waals surface area contributed by atoms with Crippen LogP contribution in [-0.2, 0) is 10.3 Å². The van der Waals surface area contributed by atoms with E-state index in [0.717, 1.165) is 35.9 Å². The molecule has 5 heteroatoms. The van der Waals surface area contributed by atoms with Crippen LogP contribution in [0.15, 0.2) is 33.5 Å². The van der Waals surface area contributed by atoms with Gasteiger partial charge in [0.25, 0.3) is 0 Å². The van der Waals surface area contributed by atoms with Crippen molar-refractivity contribution in [3.8, 4) is 0 Å². The molecule has 1 aliphatic rings. The Balaban J connectivity index is 2.14. The first kappa shape index (κ1) is 18.2. The van der Waals surface area contributed by atoms with Gasteiger partial charge < -0.3 is 9.32 Å². The summed E-state index contributed by atoms with van der Waals surface area (Å²) in [5.74, 6) is -0.329. The van der Waals surface area contributed by atoms with Crippen molar-refractivity contribution in [2.24, 2.45) is 0 Å². The zero-order valence-electron chi connectivity index (χ0n) is 16.1. The maximum absolute atomic E-state index is 12.5. The monoisotopic (exact) mass is 354 g/mol. The van der Waals surface area contributed by atoms with Crippen LogP contribution >= 0.6 is 0 Å². The Morgan fingerprint density at radius 3 is 2.27 bits per heavy atom. The van der Waals surface area contributed by atoms with Crippen LogP contribution in [0.25, 0.3) is 11.6 Å². The second kappa shape index (κ2) is 6.63. The minimum Gasteiger partial charge on any atom is -0.408 e. The Bertz CT molecular complexity index is 995. The lowest BCUT2D eigenvalue weighted by atomic mass is 9.91. The number of carbonyl (C=O) groups excluding carboxylic acids is 1. The fourth-order valence-electron chi connectivity index (χ4n) is 3.15. The average Bonchev–Trinajstić information content (AvgIpc) is 2.81. The zero-order chi connectivity index (χ0) is 19.1. The number of carbonyl (C=O) groups is 1. The van der Waals surface area contributed by atoms with Gasteiger partial charge in [-0.25, -0.2) is 4.79 Å². The Morgan fingerprint density at radius 2 is 1.81 bits per heavy atom. The summed E-state index contributed by atoms with van der Waals surface area (Å²) in [7, 11) is 1.74. The highest BCUT2D eigenvalue weighted by Gasteiger charge is 2.23. The van der Waals surface area contributed by atoms with Crippen LogP contribution in [0.3, 0.4) is 0 Å². The van der Waals surface area contributed by atoms with Gasteiger partial charge in [0.15, 0.2) is 5.42 Å². The van der Waals surface area contributed by atoms with Gasteiger partial charge in [-0.3, -0.25) is 9.36 Å². The molecule has 5 nitrogen and oxygen atoms in total. The molecule has 0 N–H and O–H groups in total. The van der Waals surface area contributed by atoms with E-state index >= 15 is 0 Å². The van der Waals surface area contributed by atoms with E-state index in [1.165, 1.54) is 12.5 Å². The molecule has 0 atom stereocenters. The van der Waals surface area contributed by atoms with Crippen molar-refractivity contribution in [2.75, 3.05) is 11.9 Å². The van der Waals surface area contributed by atoms with Crippen molar-refractivity contribution < 1.29 is 9.21 Å². The first-order valence-corrected chi connectivity index (χ1v) is 8.99. The van der Waals surface area contributed by atoms with Gasteiger partial charge in [0.1, 0.15) is 0 Å². The highest BCUT2D eigenvalue weighted by molar-refractivity contribution is 5.90. The van der Waals surface area contributed by atoms with Gasteiger partial charge in [-0.1, -0.05) is 12.1 Å². The molecular formula is C21H26N2O3. The van der Waals surface area contributed by atoms with E-state index in [-0.39, 0.29) is 17.2 Å². The number of anilines is 1. The minimum absolute atomic E-state index is 0.0151. The molecule has 26 heavy (non-hydrogen) atoms. The Kier molecular flexibility index (Phi) is 4.65. The molecule has 1 heterocycles. The van der Waals surface area contributed by atoms with Crippen LogP contribution < -0.4 is 21.4 Å². The lowest BCUT2D eigenvalue weighted by molar-refractivity contribution is -0.116. The van der Waals surface area contributed by atoms with Crippen LogP contribution in [0.2, 0.25) is 0 Å². The molecule has 0 unspecified atom stereocenters. The molecule has 1 saturated carbocycles. The molecule has 0 saturated heterocycles. The van der Waals surface area contributed by atoms with Crippen LogP contribution in [0, 0.1) is 0 Å². The van der Waals surface area contributed by atoms with Crippen molar-refractivity contribution in [1.82, 2.24) is 4.57 Å². The highest BCUT2D eigenvalue weighted by atomic mass is 16.4. The molecule has 138 valence electrons. The second-order valence-corrected chi connectivity index (χ2v) is 7.86. The summed E-state index contributed by atoms with van der Waals surface area (Å²) in [6, 6.07) is 7.64. The molecule has 0 aliphatic heterocycles. The summed E-state index contributed by atoms with van der Waals surface area (Å²) in [4.78, 5) is 25.5. The van der Waals surface area contributed by atoms with Crippen LogP contribution in [-0.4, -0.2) is 17.5 Å². The number of benzene rings is 1. The summed E-state index contributed by atoms with van der Waals surface area (Å²) in [6.07, 6.45) is 5.09. The van der Waals surface area contributed by atoms with Gasteiger partial charge in [-0.2, -0.15) is 0 Å². The van der Waals surface area contributed by atoms with Crippen LogP contribution in [0.5, 0.6) is 0 Å². The topological polar surface area (TPSA) is 55.5 Å². The van der Waals surface area contributed by atoms with Crippen LogP contribution in [0.1, 0.15) is 52.5 Å². The standard InChI is InChI=1S/C21H26N2O3/c1-14(24)22(5)17-11-9-15(10-12-17)13-18-19(16-7-6-8-16)23(20(25)26-18)21(2,3)4/h9-13H,6-8H2,1-5H3/b18-13+. The van der Waals surface area contributed by atoms with Gasteiger partial charge in [0, 0.05) is 25.2 Å². The van der Waals surface area contributed by atoms with Gasteiger partial charge in [-0.15, -0.1) is 0 Å². The fourth-order valence-corrected chi connectivity index (χ4v) is 3.15. The molecule has 0 radical (unpaired) electrons. The maximum atomic E-state index is 12.5. The summed E-state index contributed by atoms with van der Waals surface area (Å²) >= 11 is 0. The van der Waals surface area contributed by atoms with E-state index in [0.29, 0.717) is 5.42 Å². The lowest BCUT2D eigenvalue weighted by Crippen LogP contribution is -2.44. The quantitative estimate of drug-likeness (QED) is 0.832. The second-order valence-electron chi connectivity index (χ2n) is 7.86. The Morgan fingerprint density at radius 1 is 1.19 bits per heavy atom. The maximum Gasteiger partial charge on any atom is 0.420 e. The molecular weight excluding hydrogens is 328 g/mol. The Labute approximate surface area is 153 Å². The van der Waals surface area contributed by atoms with Crippen LogP contribution in [0.4, 0.5) is 5.69 Å². The molecule has 0 bridgehead atoms. The molecule has 1 aromatic carbocycles. The van der Waals surface area contributed by atoms with Gasteiger partial charge in [0.2, 0.25) is 5.91 Å². The third kappa shape index (κ3) is 3.39. The van der Waals surface area contributed by atoms with Gasteiger partial charge in [0.05, 0.1) is 5.35 Å². The number of aromatic nitrogens is 1. The number of hydrogen-bond donors (Lipinski definition) is 0. The predicted molar refractivity (Wildman–Crippen MR) is 104 cm³/mol. The zero-order valence-corrected chi connectivity index (χ0v) is 16.1. The largest absolute Gasteiger partial charge is 0.420 e. The molecule has 1 fully saturated rings. The van der Waals surface area contributed by atoms with E-state index in [1.807, 2.05) is 51.1 Å².